The SMILES string of the molecule is CC(NC(=O)C(N)CCCCN)C(=O)NC(CC(=O)O)C(=O)N1CCCC1C(=O)O. The number of carboxylic acids is 2. The molecule has 0 radical (unpaired) electrons. The lowest BCUT2D eigenvalue weighted by molar-refractivity contribution is -0.150. The van der Waals surface area contributed by atoms with Gasteiger partial charge in [0.05, 0.1) is 12.5 Å². The minimum absolute atomic E-state index is 0.158. The smallest absolute Gasteiger partial charge is 0.326 e. The molecule has 0 aliphatic carbocycles. The lowest BCUT2D eigenvalue weighted by Crippen LogP contribution is -2.56. The van der Waals surface area contributed by atoms with Crippen LogP contribution in [0.15, 0.2) is 0 Å². The molecular weight excluding hydrogens is 398 g/mol. The molecule has 8 N–H and O–H groups in total. The van der Waals surface area contributed by atoms with E-state index in [1.54, 1.807) is 0 Å². The van der Waals surface area contributed by atoms with Gasteiger partial charge in [-0.1, -0.05) is 6.42 Å². The maximum absolute atomic E-state index is 12.7. The maximum Gasteiger partial charge on any atom is 0.326 e. The average Bonchev–Trinajstić information content (AvgIpc) is 3.16. The largest absolute Gasteiger partial charge is 0.481 e. The molecule has 1 aliphatic heterocycles. The molecule has 170 valence electrons. The molecule has 0 aromatic carbocycles. The Kier molecular flexibility index (Phi) is 10.2. The van der Waals surface area contributed by atoms with E-state index >= 15 is 0 Å². The predicted molar refractivity (Wildman–Crippen MR) is 105 cm³/mol. The summed E-state index contributed by atoms with van der Waals surface area (Å²) in [5.74, 6) is -4.64. The van der Waals surface area contributed by atoms with Crippen molar-refractivity contribution in [2.45, 2.75) is 69.6 Å². The Morgan fingerprint density at radius 3 is 2.33 bits per heavy atom. The molecule has 12 nitrogen and oxygen atoms in total. The number of rotatable bonds is 12. The van der Waals surface area contributed by atoms with Crippen molar-refractivity contribution in [1.82, 2.24) is 15.5 Å². The van der Waals surface area contributed by atoms with Gasteiger partial charge in [-0.2, -0.15) is 0 Å². The number of carbonyl (C=O) groups is 5. The average molecular weight is 429 g/mol. The van der Waals surface area contributed by atoms with Crippen LogP contribution in [0.3, 0.4) is 0 Å². The Morgan fingerprint density at radius 2 is 1.77 bits per heavy atom. The van der Waals surface area contributed by atoms with Crippen molar-refractivity contribution in [3.8, 4) is 0 Å². The summed E-state index contributed by atoms with van der Waals surface area (Å²) in [5, 5.41) is 23.1. The fraction of sp³-hybridized carbons (Fsp3) is 0.722. The number of nitrogens with two attached hydrogens (primary N) is 2. The second-order valence-corrected chi connectivity index (χ2v) is 7.31. The fourth-order valence-electron chi connectivity index (χ4n) is 3.18. The van der Waals surface area contributed by atoms with Crippen LogP contribution in [0.5, 0.6) is 0 Å². The second-order valence-electron chi connectivity index (χ2n) is 7.31. The van der Waals surface area contributed by atoms with E-state index in [2.05, 4.69) is 10.6 Å². The van der Waals surface area contributed by atoms with Crippen LogP contribution in [0.2, 0.25) is 0 Å². The molecule has 4 atom stereocenters. The Hall–Kier alpha value is -2.73. The quantitative estimate of drug-likeness (QED) is 0.189. The van der Waals surface area contributed by atoms with Gasteiger partial charge in [-0.3, -0.25) is 19.2 Å². The van der Waals surface area contributed by atoms with Crippen LogP contribution in [0.1, 0.15) is 45.4 Å². The van der Waals surface area contributed by atoms with E-state index in [1.165, 1.54) is 6.92 Å². The van der Waals surface area contributed by atoms with Crippen molar-refractivity contribution in [2.75, 3.05) is 13.1 Å². The van der Waals surface area contributed by atoms with E-state index in [0.717, 1.165) is 4.90 Å². The zero-order valence-corrected chi connectivity index (χ0v) is 17.0. The van der Waals surface area contributed by atoms with E-state index in [-0.39, 0.29) is 13.0 Å². The first-order valence-electron chi connectivity index (χ1n) is 9.90. The number of hydrogen-bond donors (Lipinski definition) is 6. The minimum atomic E-state index is -1.45. The zero-order chi connectivity index (χ0) is 22.8. The minimum Gasteiger partial charge on any atom is -0.481 e. The van der Waals surface area contributed by atoms with Crippen molar-refractivity contribution in [3.63, 3.8) is 0 Å². The molecule has 1 aliphatic rings. The highest BCUT2D eigenvalue weighted by Crippen LogP contribution is 2.19. The van der Waals surface area contributed by atoms with Gasteiger partial charge in [0, 0.05) is 6.54 Å². The fourth-order valence-corrected chi connectivity index (χ4v) is 3.18. The number of amides is 3. The van der Waals surface area contributed by atoms with Crippen LogP contribution in [0.4, 0.5) is 0 Å². The lowest BCUT2D eigenvalue weighted by Gasteiger charge is -2.27. The van der Waals surface area contributed by atoms with Gasteiger partial charge in [-0.05, 0) is 39.2 Å². The van der Waals surface area contributed by atoms with Crippen LogP contribution in [0.25, 0.3) is 0 Å². The number of hydrogen-bond acceptors (Lipinski definition) is 7. The zero-order valence-electron chi connectivity index (χ0n) is 17.0. The summed E-state index contributed by atoms with van der Waals surface area (Å²) in [4.78, 5) is 60.7. The van der Waals surface area contributed by atoms with Gasteiger partial charge in [-0.15, -0.1) is 0 Å². The third-order valence-corrected chi connectivity index (χ3v) is 4.87. The highest BCUT2D eigenvalue weighted by molar-refractivity contribution is 5.95. The number of carboxylic acid groups (broad SMARTS) is 2. The molecule has 1 fully saturated rings. The molecule has 30 heavy (non-hydrogen) atoms. The summed E-state index contributed by atoms with van der Waals surface area (Å²) in [6.07, 6.45) is 1.76. The molecule has 0 spiro atoms. The van der Waals surface area contributed by atoms with Crippen molar-refractivity contribution >= 4 is 29.7 Å². The molecule has 1 heterocycles. The van der Waals surface area contributed by atoms with Gasteiger partial charge in [-0.25, -0.2) is 4.79 Å². The molecule has 0 bridgehead atoms. The Balaban J connectivity index is 2.73. The van der Waals surface area contributed by atoms with Crippen molar-refractivity contribution in [1.29, 1.82) is 0 Å². The standard InChI is InChI=1S/C18H31N5O7/c1-10(21-16(27)11(20)5-2-3-7-19)15(26)22-12(9-14(24)25)17(28)23-8-4-6-13(23)18(29)30/h10-13H,2-9,19-20H2,1H3,(H,21,27)(H,22,26)(H,24,25)(H,29,30). The monoisotopic (exact) mass is 429 g/mol. The third-order valence-electron chi connectivity index (χ3n) is 4.87. The van der Waals surface area contributed by atoms with E-state index in [1.807, 2.05) is 0 Å². The summed E-state index contributed by atoms with van der Waals surface area (Å²) >= 11 is 0. The van der Waals surface area contributed by atoms with Crippen molar-refractivity contribution < 1.29 is 34.2 Å². The second kappa shape index (κ2) is 12.1. The van der Waals surface area contributed by atoms with Gasteiger partial charge in [0.2, 0.25) is 17.7 Å². The highest BCUT2D eigenvalue weighted by atomic mass is 16.4. The number of nitrogens with one attached hydrogen (secondary N) is 2. The first-order chi connectivity index (χ1) is 14.1. The van der Waals surface area contributed by atoms with Gasteiger partial charge in [0.25, 0.3) is 0 Å². The van der Waals surface area contributed by atoms with Gasteiger partial charge >= 0.3 is 11.9 Å². The lowest BCUT2D eigenvalue weighted by atomic mass is 10.1. The predicted octanol–water partition coefficient (Wildman–Crippen LogP) is -2.02. The van der Waals surface area contributed by atoms with E-state index in [0.29, 0.717) is 32.2 Å². The van der Waals surface area contributed by atoms with Crippen LogP contribution in [0, 0.1) is 0 Å². The number of aliphatic carboxylic acids is 2. The number of likely N-dealkylation sites (tertiary alicyclic amines) is 1. The Labute approximate surface area is 174 Å². The molecule has 4 unspecified atom stereocenters. The molecule has 1 rings (SSSR count). The molecule has 0 aromatic heterocycles. The van der Waals surface area contributed by atoms with Crippen LogP contribution < -0.4 is 22.1 Å². The van der Waals surface area contributed by atoms with E-state index in [4.69, 9.17) is 16.6 Å². The molecule has 3 amide bonds. The van der Waals surface area contributed by atoms with Crippen molar-refractivity contribution in [3.05, 3.63) is 0 Å². The topological polar surface area (TPSA) is 205 Å². The summed E-state index contributed by atoms with van der Waals surface area (Å²) in [7, 11) is 0. The summed E-state index contributed by atoms with van der Waals surface area (Å²) in [6, 6.07) is -4.41. The summed E-state index contributed by atoms with van der Waals surface area (Å²) in [5.41, 5.74) is 11.2. The van der Waals surface area contributed by atoms with Gasteiger partial charge < -0.3 is 37.2 Å². The van der Waals surface area contributed by atoms with Gasteiger partial charge in [0.15, 0.2) is 0 Å². The normalized spacial score (nSPS) is 18.9. The molecule has 1 saturated heterocycles. The first-order valence-corrected chi connectivity index (χ1v) is 9.90. The molecule has 0 aromatic rings. The van der Waals surface area contributed by atoms with E-state index in [9.17, 15) is 29.1 Å². The highest BCUT2D eigenvalue weighted by Gasteiger charge is 2.38. The molecular formula is C18H31N5O7. The molecule has 12 heteroatoms. The number of unbranched alkanes of at least 4 members (excludes halogenated alkanes) is 1. The summed E-state index contributed by atoms with van der Waals surface area (Å²) in [6.45, 7) is 2.01. The van der Waals surface area contributed by atoms with Crippen LogP contribution >= 0.6 is 0 Å². The van der Waals surface area contributed by atoms with Crippen molar-refractivity contribution in [2.24, 2.45) is 11.5 Å². The number of nitrogens with zero attached hydrogens (tertiary/aromatic N) is 1. The van der Waals surface area contributed by atoms with E-state index < -0.39 is 60.2 Å². The maximum atomic E-state index is 12.7. The Bertz CT molecular complexity index is 657. The molecule has 0 saturated carbocycles. The van der Waals surface area contributed by atoms with Crippen LogP contribution in [-0.2, 0) is 24.0 Å². The van der Waals surface area contributed by atoms with Gasteiger partial charge in [0.1, 0.15) is 18.1 Å². The third kappa shape index (κ3) is 7.59. The first kappa shape index (κ1) is 25.3. The summed E-state index contributed by atoms with van der Waals surface area (Å²) < 4.78 is 0. The van der Waals surface area contributed by atoms with Crippen LogP contribution in [-0.4, -0.2) is 82.0 Å². The number of carbonyl (C=O) groups excluding carboxylic acids is 3. The Morgan fingerprint density at radius 1 is 1.10 bits per heavy atom.